The molecule has 1 heterocycles. The average Bonchev–Trinajstić information content (AvgIpc) is 3.14. The molecule has 0 bridgehead atoms. The van der Waals surface area contributed by atoms with Gasteiger partial charge in [0, 0.05) is 17.4 Å². The first kappa shape index (κ1) is 23.8. The monoisotopic (exact) mass is 567 g/mol. The van der Waals surface area contributed by atoms with E-state index < -0.39 is 11.9 Å². The topological polar surface area (TPSA) is 79.7 Å². The number of hydrogen-bond acceptors (Lipinski definition) is 5. The van der Waals surface area contributed by atoms with Gasteiger partial charge in [0.05, 0.1) is 25.6 Å². The van der Waals surface area contributed by atoms with Crippen LogP contribution in [0.2, 0.25) is 0 Å². The van der Waals surface area contributed by atoms with Crippen molar-refractivity contribution in [3.8, 4) is 17.2 Å². The van der Waals surface area contributed by atoms with Gasteiger partial charge in [-0.1, -0.05) is 20.8 Å². The number of aromatic hydroxyl groups is 1. The number of rotatable bonds is 8. The molecule has 0 fully saturated rings. The van der Waals surface area contributed by atoms with Gasteiger partial charge in [-0.05, 0) is 80.1 Å². The third-order valence-electron chi connectivity index (χ3n) is 4.89. The number of aromatic nitrogens is 1. The van der Waals surface area contributed by atoms with E-state index in [4.69, 9.17) is 4.74 Å². The van der Waals surface area contributed by atoms with Gasteiger partial charge >= 0.3 is 5.97 Å². The molecule has 1 atom stereocenters. The molecule has 31 heavy (non-hydrogen) atoms. The molecule has 0 radical (unpaired) electrons. The summed E-state index contributed by atoms with van der Waals surface area (Å²) in [5, 5.41) is 22.1. The number of thiazole rings is 1. The molecule has 3 aromatic rings. The van der Waals surface area contributed by atoms with Gasteiger partial charge in [0.25, 0.3) is 0 Å². The first-order valence-corrected chi connectivity index (χ1v) is 12.3. The van der Waals surface area contributed by atoms with Crippen molar-refractivity contribution in [3.63, 3.8) is 0 Å². The molecule has 0 saturated carbocycles. The molecule has 2 N–H and O–H groups in total. The maximum Gasteiger partial charge on any atom is 0.312 e. The molecule has 0 spiro atoms. The standard InChI is InChI=1S/C23H23Br2NO4S/c1-4-15(23(28)29)19-11-31-21(26-19)9-13-7-17(24)22(18(25)8-13)30-14-5-6-20(27)16(10-14)12(2)3/h5-8,10-12,15,27H,4,9H2,1-3H3,(H,28,29). The number of carbonyl (C=O) groups is 1. The van der Waals surface area contributed by atoms with E-state index in [0.29, 0.717) is 30.0 Å². The second-order valence-corrected chi connectivity index (χ2v) is 10.2. The smallest absolute Gasteiger partial charge is 0.312 e. The van der Waals surface area contributed by atoms with Gasteiger partial charge in [-0.25, -0.2) is 4.98 Å². The SMILES string of the molecule is CCC(C(=O)O)c1csc(Cc2cc(Br)c(Oc3ccc(O)c(C(C)C)c3)c(Br)c2)n1. The van der Waals surface area contributed by atoms with E-state index in [2.05, 4.69) is 36.8 Å². The first-order valence-electron chi connectivity index (χ1n) is 9.85. The minimum atomic E-state index is -0.846. The van der Waals surface area contributed by atoms with Crippen molar-refractivity contribution < 1.29 is 19.7 Å². The largest absolute Gasteiger partial charge is 0.508 e. The van der Waals surface area contributed by atoms with Crippen LogP contribution in [0.15, 0.2) is 44.7 Å². The summed E-state index contributed by atoms with van der Waals surface area (Å²) in [6.07, 6.45) is 1.10. The van der Waals surface area contributed by atoms with Crippen LogP contribution in [0.25, 0.3) is 0 Å². The van der Waals surface area contributed by atoms with Gasteiger partial charge in [0.1, 0.15) is 11.5 Å². The summed E-state index contributed by atoms with van der Waals surface area (Å²) in [6.45, 7) is 5.88. The van der Waals surface area contributed by atoms with Crippen molar-refractivity contribution >= 4 is 49.2 Å². The fourth-order valence-electron chi connectivity index (χ4n) is 3.24. The molecule has 8 heteroatoms. The Morgan fingerprint density at radius 3 is 2.45 bits per heavy atom. The highest BCUT2D eigenvalue weighted by atomic mass is 79.9. The van der Waals surface area contributed by atoms with Crippen molar-refractivity contribution in [2.75, 3.05) is 0 Å². The van der Waals surface area contributed by atoms with Gasteiger partial charge in [-0.3, -0.25) is 4.79 Å². The van der Waals surface area contributed by atoms with E-state index in [-0.39, 0.29) is 11.7 Å². The molecular formula is C23H23Br2NO4S. The lowest BCUT2D eigenvalue weighted by Crippen LogP contribution is -2.10. The normalized spacial score (nSPS) is 12.2. The Kier molecular flexibility index (Phi) is 7.78. The van der Waals surface area contributed by atoms with E-state index in [0.717, 1.165) is 25.1 Å². The van der Waals surface area contributed by atoms with Gasteiger partial charge in [0.15, 0.2) is 5.75 Å². The number of carboxylic acid groups (broad SMARTS) is 1. The molecule has 0 aliphatic rings. The van der Waals surface area contributed by atoms with Crippen molar-refractivity contribution in [2.45, 2.75) is 45.4 Å². The van der Waals surface area contributed by atoms with Crippen LogP contribution in [0.4, 0.5) is 0 Å². The average molecular weight is 569 g/mol. The van der Waals surface area contributed by atoms with Gasteiger partial charge in [0.2, 0.25) is 0 Å². The Balaban J connectivity index is 1.81. The number of phenolic OH excluding ortho intramolecular Hbond substituents is 1. The highest BCUT2D eigenvalue weighted by molar-refractivity contribution is 9.11. The lowest BCUT2D eigenvalue weighted by molar-refractivity contribution is -0.138. The number of carboxylic acids is 1. The van der Waals surface area contributed by atoms with Gasteiger partial charge in [-0.15, -0.1) is 11.3 Å². The summed E-state index contributed by atoms with van der Waals surface area (Å²) in [4.78, 5) is 15.9. The molecular weight excluding hydrogens is 546 g/mol. The van der Waals surface area contributed by atoms with Gasteiger partial charge in [-0.2, -0.15) is 0 Å². The molecule has 0 amide bonds. The molecule has 2 aromatic carbocycles. The summed E-state index contributed by atoms with van der Waals surface area (Å²) < 4.78 is 7.65. The van der Waals surface area contributed by atoms with Crippen LogP contribution in [0, 0.1) is 0 Å². The van der Waals surface area contributed by atoms with Crippen LogP contribution in [0.5, 0.6) is 17.2 Å². The quantitative estimate of drug-likeness (QED) is 0.295. The number of ether oxygens (including phenoxy) is 1. The predicted molar refractivity (Wildman–Crippen MR) is 130 cm³/mol. The Morgan fingerprint density at radius 1 is 1.19 bits per heavy atom. The Hall–Kier alpha value is -1.90. The molecule has 1 aromatic heterocycles. The van der Waals surface area contributed by atoms with Gasteiger partial charge < -0.3 is 14.9 Å². The van der Waals surface area contributed by atoms with E-state index in [1.165, 1.54) is 11.3 Å². The lowest BCUT2D eigenvalue weighted by atomic mass is 10.0. The molecule has 164 valence electrons. The number of aliphatic carboxylic acids is 1. The third-order valence-corrected chi connectivity index (χ3v) is 6.93. The molecule has 3 rings (SSSR count). The summed E-state index contributed by atoms with van der Waals surface area (Å²) in [5.41, 5.74) is 2.46. The number of hydrogen-bond donors (Lipinski definition) is 2. The van der Waals surface area contributed by atoms with Crippen LogP contribution < -0.4 is 4.74 Å². The molecule has 0 saturated heterocycles. The molecule has 0 aliphatic carbocycles. The fourth-order valence-corrected chi connectivity index (χ4v) is 5.56. The Bertz CT molecular complexity index is 1070. The lowest BCUT2D eigenvalue weighted by Gasteiger charge is -2.14. The van der Waals surface area contributed by atoms with E-state index in [1.54, 1.807) is 12.1 Å². The predicted octanol–water partition coefficient (Wildman–Crippen LogP) is 7.46. The second kappa shape index (κ2) is 10.1. The maximum atomic E-state index is 11.4. The summed E-state index contributed by atoms with van der Waals surface area (Å²) in [7, 11) is 0. The molecule has 5 nitrogen and oxygen atoms in total. The highest BCUT2D eigenvalue weighted by Crippen LogP contribution is 2.40. The second-order valence-electron chi connectivity index (χ2n) is 7.51. The van der Waals surface area contributed by atoms with E-state index >= 15 is 0 Å². The minimum Gasteiger partial charge on any atom is -0.508 e. The summed E-state index contributed by atoms with van der Waals surface area (Å²) in [6, 6.07) is 9.16. The van der Waals surface area contributed by atoms with Crippen LogP contribution in [-0.2, 0) is 11.2 Å². The van der Waals surface area contributed by atoms with Crippen LogP contribution in [-0.4, -0.2) is 21.2 Å². The summed E-state index contributed by atoms with van der Waals surface area (Å²) in [5.74, 6) is 0.295. The van der Waals surface area contributed by atoms with E-state index in [9.17, 15) is 15.0 Å². The number of phenols is 1. The molecule has 1 unspecified atom stereocenters. The Morgan fingerprint density at radius 2 is 1.87 bits per heavy atom. The minimum absolute atomic E-state index is 0.175. The van der Waals surface area contributed by atoms with Crippen molar-refractivity contribution in [2.24, 2.45) is 0 Å². The van der Waals surface area contributed by atoms with Crippen LogP contribution in [0.3, 0.4) is 0 Å². The van der Waals surface area contributed by atoms with Crippen molar-refractivity contribution in [1.29, 1.82) is 0 Å². The highest BCUT2D eigenvalue weighted by Gasteiger charge is 2.21. The molecule has 0 aliphatic heterocycles. The summed E-state index contributed by atoms with van der Waals surface area (Å²) >= 11 is 8.65. The maximum absolute atomic E-state index is 11.4. The zero-order valence-electron chi connectivity index (χ0n) is 17.4. The third kappa shape index (κ3) is 5.67. The first-order chi connectivity index (χ1) is 14.7. The van der Waals surface area contributed by atoms with Crippen molar-refractivity contribution in [1.82, 2.24) is 4.98 Å². The van der Waals surface area contributed by atoms with Crippen molar-refractivity contribution in [3.05, 3.63) is 66.5 Å². The fraction of sp³-hybridized carbons (Fsp3) is 0.304. The zero-order chi connectivity index (χ0) is 22.7. The van der Waals surface area contributed by atoms with E-state index in [1.807, 2.05) is 44.4 Å². The zero-order valence-corrected chi connectivity index (χ0v) is 21.3. The number of benzene rings is 2. The number of halogens is 2. The van der Waals surface area contributed by atoms with Crippen LogP contribution in [0.1, 0.15) is 60.9 Å². The van der Waals surface area contributed by atoms with Crippen LogP contribution >= 0.6 is 43.2 Å². The number of nitrogens with zero attached hydrogens (tertiary/aromatic N) is 1. The Labute approximate surface area is 202 Å².